The summed E-state index contributed by atoms with van der Waals surface area (Å²) >= 11 is 2.10. The summed E-state index contributed by atoms with van der Waals surface area (Å²) in [7, 11) is -3.82. The van der Waals surface area contributed by atoms with Crippen LogP contribution in [0.25, 0.3) is 0 Å². The van der Waals surface area contributed by atoms with Crippen LogP contribution in [0, 0.1) is 3.57 Å². The first kappa shape index (κ1) is 17.7. The Morgan fingerprint density at radius 1 is 1.13 bits per heavy atom. The first-order valence-corrected chi connectivity index (χ1v) is 9.50. The predicted octanol–water partition coefficient (Wildman–Crippen LogP) is 3.59. The number of hydrogen-bond acceptors (Lipinski definition) is 3. The van der Waals surface area contributed by atoms with Crippen molar-refractivity contribution in [3.05, 3.63) is 57.7 Å². The minimum atomic E-state index is -3.82. The number of carboxylic acids is 1. The number of anilines is 1. The normalized spacial score (nSPS) is 11.2. The molecule has 5 nitrogen and oxygen atoms in total. The first-order chi connectivity index (χ1) is 10.9. The van der Waals surface area contributed by atoms with Crippen LogP contribution in [-0.4, -0.2) is 26.0 Å². The Morgan fingerprint density at radius 3 is 2.30 bits per heavy atom. The van der Waals surface area contributed by atoms with Gasteiger partial charge in [0, 0.05) is 10.1 Å². The predicted molar refractivity (Wildman–Crippen MR) is 97.4 cm³/mol. The van der Waals surface area contributed by atoms with Crippen molar-refractivity contribution in [1.82, 2.24) is 0 Å². The number of carboxylic acid groups (broad SMARTS) is 1. The van der Waals surface area contributed by atoms with Crippen LogP contribution in [0.4, 0.5) is 5.69 Å². The summed E-state index contributed by atoms with van der Waals surface area (Å²) < 4.78 is 28.0. The lowest BCUT2D eigenvalue weighted by Crippen LogP contribution is -2.33. The molecule has 0 atom stereocenters. The highest BCUT2D eigenvalue weighted by molar-refractivity contribution is 14.1. The van der Waals surface area contributed by atoms with E-state index in [0.717, 1.165) is 3.57 Å². The molecule has 23 heavy (non-hydrogen) atoms. The molecule has 122 valence electrons. The molecule has 2 aromatic carbocycles. The lowest BCUT2D eigenvalue weighted by atomic mass is 10.2. The average molecular weight is 445 g/mol. The third-order valence-electron chi connectivity index (χ3n) is 3.23. The van der Waals surface area contributed by atoms with Crippen molar-refractivity contribution in [2.24, 2.45) is 0 Å². The number of aromatic carboxylic acids is 1. The van der Waals surface area contributed by atoms with Gasteiger partial charge in [-0.05, 0) is 65.4 Å². The van der Waals surface area contributed by atoms with Crippen molar-refractivity contribution in [3.8, 4) is 0 Å². The molecule has 0 fully saturated rings. The van der Waals surface area contributed by atoms with Gasteiger partial charge in [-0.1, -0.05) is 19.1 Å². The van der Waals surface area contributed by atoms with Crippen LogP contribution in [0.3, 0.4) is 0 Å². The fourth-order valence-electron chi connectivity index (χ4n) is 2.18. The van der Waals surface area contributed by atoms with Gasteiger partial charge in [-0.2, -0.15) is 0 Å². The summed E-state index contributed by atoms with van der Waals surface area (Å²) in [6.45, 7) is 2.05. The summed E-state index contributed by atoms with van der Waals surface area (Å²) in [4.78, 5) is 11.6. The van der Waals surface area contributed by atoms with E-state index in [1.54, 1.807) is 24.3 Å². The minimum Gasteiger partial charge on any atom is -0.478 e. The topological polar surface area (TPSA) is 74.7 Å². The van der Waals surface area contributed by atoms with Gasteiger partial charge in [0.25, 0.3) is 10.0 Å². The Labute approximate surface area is 149 Å². The van der Waals surface area contributed by atoms with Crippen molar-refractivity contribution in [3.63, 3.8) is 0 Å². The second kappa shape index (κ2) is 7.31. The fourth-order valence-corrected chi connectivity index (χ4v) is 4.11. The molecule has 0 heterocycles. The molecular weight excluding hydrogens is 429 g/mol. The summed E-state index contributed by atoms with van der Waals surface area (Å²) in [5.74, 6) is -1.15. The molecule has 0 aliphatic rings. The zero-order valence-corrected chi connectivity index (χ0v) is 15.4. The van der Waals surface area contributed by atoms with Gasteiger partial charge in [-0.25, -0.2) is 13.2 Å². The highest BCUT2D eigenvalue weighted by Gasteiger charge is 2.27. The van der Waals surface area contributed by atoms with Crippen molar-refractivity contribution < 1.29 is 18.3 Å². The molecule has 0 aliphatic heterocycles. The molecule has 2 rings (SSSR count). The van der Waals surface area contributed by atoms with Gasteiger partial charge in [-0.15, -0.1) is 0 Å². The number of rotatable bonds is 6. The SMILES string of the molecule is CCCN(c1ccccc1C(=O)O)S(=O)(=O)c1ccc(I)cc1. The molecular formula is C16H16INO4S. The van der Waals surface area contributed by atoms with E-state index in [0.29, 0.717) is 6.42 Å². The van der Waals surface area contributed by atoms with Gasteiger partial charge < -0.3 is 5.11 Å². The van der Waals surface area contributed by atoms with Gasteiger partial charge in [0.15, 0.2) is 0 Å². The molecule has 0 aromatic heterocycles. The number of nitrogens with zero attached hydrogens (tertiary/aromatic N) is 1. The van der Waals surface area contributed by atoms with Crippen molar-refractivity contribution in [1.29, 1.82) is 0 Å². The molecule has 0 unspecified atom stereocenters. The third kappa shape index (κ3) is 3.84. The molecule has 0 radical (unpaired) electrons. The molecule has 0 aliphatic carbocycles. The van der Waals surface area contributed by atoms with E-state index in [1.165, 1.54) is 28.6 Å². The number of carbonyl (C=O) groups is 1. The Hall–Kier alpha value is -1.61. The molecule has 0 spiro atoms. The Kier molecular flexibility index (Phi) is 5.64. The zero-order valence-electron chi connectivity index (χ0n) is 12.4. The van der Waals surface area contributed by atoms with E-state index in [-0.39, 0.29) is 22.7 Å². The highest BCUT2D eigenvalue weighted by atomic mass is 127. The number of hydrogen-bond donors (Lipinski definition) is 1. The van der Waals surface area contributed by atoms with Crippen LogP contribution in [0.15, 0.2) is 53.4 Å². The van der Waals surface area contributed by atoms with Crippen LogP contribution in [0.2, 0.25) is 0 Å². The number of sulfonamides is 1. The lowest BCUT2D eigenvalue weighted by molar-refractivity contribution is 0.0698. The zero-order chi connectivity index (χ0) is 17.0. The third-order valence-corrected chi connectivity index (χ3v) is 5.78. The molecule has 0 saturated carbocycles. The summed E-state index contributed by atoms with van der Waals surface area (Å²) in [5, 5.41) is 9.33. The summed E-state index contributed by atoms with van der Waals surface area (Å²) in [6, 6.07) is 12.6. The van der Waals surface area contributed by atoms with E-state index in [9.17, 15) is 18.3 Å². The Balaban J connectivity index is 2.58. The molecule has 0 bridgehead atoms. The second-order valence-electron chi connectivity index (χ2n) is 4.85. The fraction of sp³-hybridized carbons (Fsp3) is 0.188. The molecule has 7 heteroatoms. The first-order valence-electron chi connectivity index (χ1n) is 6.98. The lowest BCUT2D eigenvalue weighted by Gasteiger charge is -2.25. The maximum Gasteiger partial charge on any atom is 0.337 e. The molecule has 0 amide bonds. The van der Waals surface area contributed by atoms with E-state index in [4.69, 9.17) is 0 Å². The monoisotopic (exact) mass is 445 g/mol. The summed E-state index contributed by atoms with van der Waals surface area (Å²) in [5.41, 5.74) is 0.149. The standard InChI is InChI=1S/C16H16INO4S/c1-2-11-18(15-6-4-3-5-14(15)16(19)20)23(21,22)13-9-7-12(17)8-10-13/h3-10H,2,11H2,1H3,(H,19,20). The van der Waals surface area contributed by atoms with Crippen molar-refractivity contribution in [2.75, 3.05) is 10.8 Å². The van der Waals surface area contributed by atoms with E-state index >= 15 is 0 Å². The largest absolute Gasteiger partial charge is 0.478 e. The minimum absolute atomic E-state index is 0.0324. The second-order valence-corrected chi connectivity index (χ2v) is 7.96. The quantitative estimate of drug-likeness (QED) is 0.690. The Bertz CT molecular complexity index is 803. The van der Waals surface area contributed by atoms with Gasteiger partial charge in [0.05, 0.1) is 16.1 Å². The maximum atomic E-state index is 12.9. The van der Waals surface area contributed by atoms with E-state index in [1.807, 2.05) is 6.92 Å². The molecule has 1 N–H and O–H groups in total. The molecule has 2 aromatic rings. The molecule has 0 saturated heterocycles. The van der Waals surface area contributed by atoms with Crippen LogP contribution >= 0.6 is 22.6 Å². The van der Waals surface area contributed by atoms with Crippen molar-refractivity contribution >= 4 is 44.3 Å². The maximum absolute atomic E-state index is 12.9. The van der Waals surface area contributed by atoms with Gasteiger partial charge in [0.1, 0.15) is 0 Å². The van der Waals surface area contributed by atoms with Crippen LogP contribution in [0.5, 0.6) is 0 Å². The van der Waals surface area contributed by atoms with Gasteiger partial charge in [0.2, 0.25) is 0 Å². The van der Waals surface area contributed by atoms with Crippen LogP contribution < -0.4 is 4.31 Å². The van der Waals surface area contributed by atoms with Gasteiger partial charge in [-0.3, -0.25) is 4.31 Å². The highest BCUT2D eigenvalue weighted by Crippen LogP contribution is 2.27. The number of benzene rings is 2. The van der Waals surface area contributed by atoms with E-state index in [2.05, 4.69) is 22.6 Å². The van der Waals surface area contributed by atoms with Crippen LogP contribution in [0.1, 0.15) is 23.7 Å². The van der Waals surface area contributed by atoms with E-state index < -0.39 is 16.0 Å². The van der Waals surface area contributed by atoms with Gasteiger partial charge >= 0.3 is 5.97 Å². The smallest absolute Gasteiger partial charge is 0.337 e. The number of halogens is 1. The van der Waals surface area contributed by atoms with Crippen molar-refractivity contribution in [2.45, 2.75) is 18.2 Å². The Morgan fingerprint density at radius 2 is 1.74 bits per heavy atom. The number of para-hydroxylation sites is 1. The average Bonchev–Trinajstić information content (AvgIpc) is 2.53. The van der Waals surface area contributed by atoms with Crippen LogP contribution in [-0.2, 0) is 10.0 Å². The summed E-state index contributed by atoms with van der Waals surface area (Å²) in [6.07, 6.45) is 0.567.